The summed E-state index contributed by atoms with van der Waals surface area (Å²) in [4.78, 5) is 1.28. The number of sulfonamides is 1. The molecular weight excluding hydrogens is 372 g/mol. The maximum absolute atomic E-state index is 12.9. The zero-order chi connectivity index (χ0) is 18.9. The van der Waals surface area contributed by atoms with Crippen LogP contribution in [0.5, 0.6) is 0 Å². The van der Waals surface area contributed by atoms with Gasteiger partial charge in [0.2, 0.25) is 10.0 Å². The van der Waals surface area contributed by atoms with E-state index in [1.54, 1.807) is 29.9 Å². The standard InChI is InChI=1S/C17H22N4O3S2/c1-5-20(6-2)26(22,23)17-12(3)18-21(13(17)4)11-14-10-15(24-19-14)16-8-7-9-25-16/h7-10H,5-6,11H2,1-4H3. The molecule has 0 amide bonds. The Morgan fingerprint density at radius 2 is 2.00 bits per heavy atom. The van der Waals surface area contributed by atoms with Crippen LogP contribution in [0.1, 0.15) is 30.9 Å². The summed E-state index contributed by atoms with van der Waals surface area (Å²) in [6.07, 6.45) is 0. The normalized spacial score (nSPS) is 12.2. The van der Waals surface area contributed by atoms with E-state index >= 15 is 0 Å². The summed E-state index contributed by atoms with van der Waals surface area (Å²) in [6.45, 7) is 8.37. The summed E-state index contributed by atoms with van der Waals surface area (Å²) in [5.41, 5.74) is 1.80. The number of nitrogens with zero attached hydrogens (tertiary/aromatic N) is 4. The Morgan fingerprint density at radius 3 is 2.62 bits per heavy atom. The number of hydrogen-bond donors (Lipinski definition) is 0. The lowest BCUT2D eigenvalue weighted by molar-refractivity contribution is 0.419. The molecule has 9 heteroatoms. The summed E-state index contributed by atoms with van der Waals surface area (Å²) in [7, 11) is -3.56. The van der Waals surface area contributed by atoms with Gasteiger partial charge in [0.15, 0.2) is 5.76 Å². The Morgan fingerprint density at radius 1 is 1.27 bits per heavy atom. The van der Waals surface area contributed by atoms with Crippen LogP contribution in [-0.4, -0.2) is 40.7 Å². The molecule has 0 saturated heterocycles. The first kappa shape index (κ1) is 18.8. The van der Waals surface area contributed by atoms with Crippen molar-refractivity contribution in [3.05, 3.63) is 40.7 Å². The first-order chi connectivity index (χ1) is 12.4. The molecule has 0 radical (unpaired) electrons. The molecule has 3 rings (SSSR count). The highest BCUT2D eigenvalue weighted by Gasteiger charge is 2.29. The van der Waals surface area contributed by atoms with Crippen LogP contribution >= 0.6 is 11.3 Å². The third-order valence-electron chi connectivity index (χ3n) is 4.25. The SMILES string of the molecule is CCN(CC)S(=O)(=O)c1c(C)nn(Cc2cc(-c3cccs3)on2)c1C. The third-order valence-corrected chi connectivity index (χ3v) is 7.44. The molecule has 140 valence electrons. The molecule has 0 aliphatic heterocycles. The highest BCUT2D eigenvalue weighted by molar-refractivity contribution is 7.89. The van der Waals surface area contributed by atoms with Crippen LogP contribution in [0, 0.1) is 13.8 Å². The minimum atomic E-state index is -3.56. The van der Waals surface area contributed by atoms with Gasteiger partial charge in [-0.15, -0.1) is 11.3 Å². The van der Waals surface area contributed by atoms with Gasteiger partial charge >= 0.3 is 0 Å². The summed E-state index contributed by atoms with van der Waals surface area (Å²) in [5.74, 6) is 0.701. The van der Waals surface area contributed by atoms with Crippen molar-refractivity contribution in [2.24, 2.45) is 0 Å². The smallest absolute Gasteiger partial charge is 0.246 e. The van der Waals surface area contributed by atoms with E-state index in [0.717, 1.165) is 4.88 Å². The van der Waals surface area contributed by atoms with Crippen LogP contribution in [0.2, 0.25) is 0 Å². The summed E-state index contributed by atoms with van der Waals surface area (Å²) < 4.78 is 34.3. The van der Waals surface area contributed by atoms with Gasteiger partial charge in [-0.3, -0.25) is 4.68 Å². The van der Waals surface area contributed by atoms with E-state index in [4.69, 9.17) is 4.52 Å². The predicted octanol–water partition coefficient (Wildman–Crippen LogP) is 3.30. The van der Waals surface area contributed by atoms with E-state index in [-0.39, 0.29) is 4.90 Å². The van der Waals surface area contributed by atoms with E-state index in [1.165, 1.54) is 4.31 Å². The Hall–Kier alpha value is -1.97. The molecule has 0 aliphatic carbocycles. The van der Waals surface area contributed by atoms with Gasteiger partial charge in [0.1, 0.15) is 10.6 Å². The Bertz CT molecular complexity index is 984. The first-order valence-electron chi connectivity index (χ1n) is 8.42. The monoisotopic (exact) mass is 394 g/mol. The van der Waals surface area contributed by atoms with E-state index in [0.29, 0.717) is 42.5 Å². The molecule has 0 fully saturated rings. The molecule has 3 aromatic heterocycles. The zero-order valence-electron chi connectivity index (χ0n) is 15.3. The first-order valence-corrected chi connectivity index (χ1v) is 10.7. The number of aromatic nitrogens is 3. The molecule has 0 bridgehead atoms. The molecule has 3 aromatic rings. The molecule has 0 spiro atoms. The fourth-order valence-corrected chi connectivity index (χ4v) is 5.48. The molecule has 0 aliphatic rings. The molecule has 0 N–H and O–H groups in total. The van der Waals surface area contributed by atoms with Crippen LogP contribution in [0.15, 0.2) is 33.0 Å². The van der Waals surface area contributed by atoms with Crippen LogP contribution in [0.4, 0.5) is 0 Å². The summed E-state index contributed by atoms with van der Waals surface area (Å²) in [6, 6.07) is 5.78. The lowest BCUT2D eigenvalue weighted by Gasteiger charge is -2.18. The third kappa shape index (κ3) is 3.34. The molecule has 26 heavy (non-hydrogen) atoms. The fraction of sp³-hybridized carbons (Fsp3) is 0.412. The topological polar surface area (TPSA) is 81.2 Å². The summed E-state index contributed by atoms with van der Waals surface area (Å²) >= 11 is 1.58. The average molecular weight is 395 g/mol. The Balaban J connectivity index is 1.91. The van der Waals surface area contributed by atoms with Gasteiger partial charge in [0, 0.05) is 19.2 Å². The average Bonchev–Trinajstić information content (AvgIpc) is 3.30. The van der Waals surface area contributed by atoms with Gasteiger partial charge in [-0.1, -0.05) is 25.1 Å². The lowest BCUT2D eigenvalue weighted by atomic mass is 10.3. The van der Waals surface area contributed by atoms with Crippen molar-refractivity contribution >= 4 is 21.4 Å². The molecular formula is C17H22N4O3S2. The Labute approximate surface area is 157 Å². The van der Waals surface area contributed by atoms with E-state index in [9.17, 15) is 8.42 Å². The molecule has 3 heterocycles. The van der Waals surface area contributed by atoms with E-state index in [2.05, 4.69) is 10.3 Å². The molecule has 0 atom stereocenters. The lowest BCUT2D eigenvalue weighted by Crippen LogP contribution is -2.31. The van der Waals surface area contributed by atoms with E-state index < -0.39 is 10.0 Å². The number of aryl methyl sites for hydroxylation is 1. The Kier molecular flexibility index (Phi) is 5.31. The van der Waals surface area contributed by atoms with Gasteiger partial charge in [0.25, 0.3) is 0 Å². The molecule has 0 aromatic carbocycles. The minimum Gasteiger partial charge on any atom is -0.355 e. The van der Waals surface area contributed by atoms with Crippen LogP contribution in [-0.2, 0) is 16.6 Å². The van der Waals surface area contributed by atoms with Crippen molar-refractivity contribution in [2.45, 2.75) is 39.1 Å². The minimum absolute atomic E-state index is 0.281. The van der Waals surface area contributed by atoms with Gasteiger partial charge in [-0.2, -0.15) is 9.40 Å². The van der Waals surface area contributed by atoms with Crippen molar-refractivity contribution in [1.82, 2.24) is 19.2 Å². The maximum Gasteiger partial charge on any atom is 0.246 e. The number of thiophene rings is 1. The van der Waals surface area contributed by atoms with Gasteiger partial charge in [-0.25, -0.2) is 8.42 Å². The van der Waals surface area contributed by atoms with Crippen molar-refractivity contribution in [3.63, 3.8) is 0 Å². The largest absolute Gasteiger partial charge is 0.355 e. The second kappa shape index (κ2) is 7.34. The number of hydrogen-bond acceptors (Lipinski definition) is 6. The zero-order valence-corrected chi connectivity index (χ0v) is 16.9. The number of rotatable bonds is 7. The molecule has 0 unspecified atom stereocenters. The van der Waals surface area contributed by atoms with Crippen molar-refractivity contribution in [1.29, 1.82) is 0 Å². The van der Waals surface area contributed by atoms with Gasteiger partial charge in [-0.05, 0) is 25.3 Å². The second-order valence-electron chi connectivity index (χ2n) is 5.91. The summed E-state index contributed by atoms with van der Waals surface area (Å²) in [5, 5.41) is 10.5. The highest BCUT2D eigenvalue weighted by atomic mass is 32.2. The van der Waals surface area contributed by atoms with Gasteiger partial charge < -0.3 is 4.52 Å². The van der Waals surface area contributed by atoms with Crippen molar-refractivity contribution < 1.29 is 12.9 Å². The predicted molar refractivity (Wildman–Crippen MR) is 101 cm³/mol. The van der Waals surface area contributed by atoms with Crippen LogP contribution in [0.25, 0.3) is 10.6 Å². The van der Waals surface area contributed by atoms with Crippen molar-refractivity contribution in [2.75, 3.05) is 13.1 Å². The van der Waals surface area contributed by atoms with Crippen LogP contribution < -0.4 is 0 Å². The molecule has 0 saturated carbocycles. The maximum atomic E-state index is 12.9. The van der Waals surface area contributed by atoms with E-state index in [1.807, 2.05) is 37.4 Å². The quantitative estimate of drug-likeness (QED) is 0.614. The highest BCUT2D eigenvalue weighted by Crippen LogP contribution is 2.27. The van der Waals surface area contributed by atoms with Crippen molar-refractivity contribution in [3.8, 4) is 10.6 Å². The van der Waals surface area contributed by atoms with Crippen LogP contribution in [0.3, 0.4) is 0 Å². The fourth-order valence-electron chi connectivity index (χ4n) is 2.98. The van der Waals surface area contributed by atoms with Gasteiger partial charge in [0.05, 0.1) is 22.8 Å². The molecule has 7 nitrogen and oxygen atoms in total. The second-order valence-corrected chi connectivity index (χ2v) is 8.73.